The maximum absolute atomic E-state index is 4.49. The molecule has 19 heavy (non-hydrogen) atoms. The molecule has 0 saturated carbocycles. The molecule has 1 N–H and O–H groups in total. The first-order valence-corrected chi connectivity index (χ1v) is 6.84. The van der Waals surface area contributed by atoms with Crippen LogP contribution in [0.1, 0.15) is 12.5 Å². The van der Waals surface area contributed by atoms with Crippen LogP contribution in [-0.4, -0.2) is 33.3 Å². The van der Waals surface area contributed by atoms with Gasteiger partial charge < -0.3 is 10.2 Å². The van der Waals surface area contributed by atoms with E-state index < -0.39 is 0 Å². The van der Waals surface area contributed by atoms with Crippen molar-refractivity contribution in [2.45, 2.75) is 13.5 Å². The van der Waals surface area contributed by atoms with Gasteiger partial charge in [0.05, 0.1) is 10.7 Å². The minimum Gasteiger partial charge on any atom is -0.354 e. The van der Waals surface area contributed by atoms with Crippen LogP contribution in [0.15, 0.2) is 23.1 Å². The standard InChI is InChI=1S/C12H17BrN6/c1-4-14-12-15-6-10(13)11(17-12)18(2)7-9-5-16-19(3)8-9/h5-6,8H,4,7H2,1-3H3,(H,14,15,17). The van der Waals surface area contributed by atoms with Crippen molar-refractivity contribution in [3.63, 3.8) is 0 Å². The first kappa shape index (κ1) is 13.8. The first-order valence-electron chi connectivity index (χ1n) is 6.05. The molecule has 0 spiro atoms. The van der Waals surface area contributed by atoms with Crippen molar-refractivity contribution in [3.05, 3.63) is 28.6 Å². The first-order chi connectivity index (χ1) is 9.10. The summed E-state index contributed by atoms with van der Waals surface area (Å²) in [5, 5.41) is 7.28. The fourth-order valence-electron chi connectivity index (χ4n) is 1.77. The molecule has 0 aliphatic carbocycles. The minimum atomic E-state index is 0.638. The molecule has 0 unspecified atom stereocenters. The van der Waals surface area contributed by atoms with Crippen molar-refractivity contribution >= 4 is 27.7 Å². The van der Waals surface area contributed by atoms with Gasteiger partial charge in [0, 0.05) is 45.1 Å². The highest BCUT2D eigenvalue weighted by molar-refractivity contribution is 9.10. The summed E-state index contributed by atoms with van der Waals surface area (Å²) >= 11 is 3.49. The van der Waals surface area contributed by atoms with Gasteiger partial charge in [0.1, 0.15) is 5.82 Å². The Balaban J connectivity index is 2.17. The average Bonchev–Trinajstić information content (AvgIpc) is 2.77. The predicted molar refractivity (Wildman–Crippen MR) is 79.2 cm³/mol. The van der Waals surface area contributed by atoms with Gasteiger partial charge in [-0.15, -0.1) is 0 Å². The molecule has 0 atom stereocenters. The van der Waals surface area contributed by atoms with Gasteiger partial charge >= 0.3 is 0 Å². The summed E-state index contributed by atoms with van der Waals surface area (Å²) in [4.78, 5) is 10.8. The zero-order valence-electron chi connectivity index (χ0n) is 11.3. The second kappa shape index (κ2) is 6.01. The summed E-state index contributed by atoms with van der Waals surface area (Å²) in [5.41, 5.74) is 1.14. The van der Waals surface area contributed by atoms with Crippen molar-refractivity contribution in [1.29, 1.82) is 0 Å². The molecule has 2 aromatic heterocycles. The molecular formula is C12H17BrN6. The van der Waals surface area contributed by atoms with Crippen LogP contribution < -0.4 is 10.2 Å². The summed E-state index contributed by atoms with van der Waals surface area (Å²) in [6.45, 7) is 3.56. The van der Waals surface area contributed by atoms with Crippen LogP contribution in [0.4, 0.5) is 11.8 Å². The van der Waals surface area contributed by atoms with E-state index in [1.54, 1.807) is 10.9 Å². The molecule has 0 fully saturated rings. The van der Waals surface area contributed by atoms with Crippen LogP contribution >= 0.6 is 15.9 Å². The van der Waals surface area contributed by atoms with E-state index in [4.69, 9.17) is 0 Å². The highest BCUT2D eigenvalue weighted by Crippen LogP contribution is 2.24. The molecule has 7 heteroatoms. The Morgan fingerprint density at radius 1 is 1.42 bits per heavy atom. The van der Waals surface area contributed by atoms with Crippen molar-refractivity contribution in [3.8, 4) is 0 Å². The molecular weight excluding hydrogens is 308 g/mol. The number of aryl methyl sites for hydroxylation is 1. The van der Waals surface area contributed by atoms with Crippen LogP contribution in [0.5, 0.6) is 0 Å². The number of rotatable bonds is 5. The van der Waals surface area contributed by atoms with E-state index in [9.17, 15) is 0 Å². The molecule has 102 valence electrons. The molecule has 0 amide bonds. The molecule has 2 heterocycles. The third-order valence-corrected chi connectivity index (χ3v) is 3.16. The quantitative estimate of drug-likeness (QED) is 0.912. The number of halogens is 1. The van der Waals surface area contributed by atoms with Gasteiger partial charge in [-0.3, -0.25) is 4.68 Å². The molecule has 0 aromatic carbocycles. The Morgan fingerprint density at radius 3 is 2.84 bits per heavy atom. The van der Waals surface area contributed by atoms with Crippen molar-refractivity contribution in [2.24, 2.45) is 7.05 Å². The molecule has 0 radical (unpaired) electrons. The Hall–Kier alpha value is -1.63. The topological polar surface area (TPSA) is 58.9 Å². The van der Waals surface area contributed by atoms with E-state index in [2.05, 4.69) is 41.2 Å². The Labute approximate surface area is 121 Å². The minimum absolute atomic E-state index is 0.638. The summed E-state index contributed by atoms with van der Waals surface area (Å²) < 4.78 is 2.67. The number of nitrogens with one attached hydrogen (secondary N) is 1. The number of anilines is 2. The van der Waals surface area contributed by atoms with E-state index in [0.717, 1.165) is 28.9 Å². The lowest BCUT2D eigenvalue weighted by molar-refractivity contribution is 0.766. The van der Waals surface area contributed by atoms with Crippen molar-refractivity contribution in [2.75, 3.05) is 23.8 Å². The smallest absolute Gasteiger partial charge is 0.224 e. The second-order valence-electron chi connectivity index (χ2n) is 4.27. The van der Waals surface area contributed by atoms with Gasteiger partial charge in [-0.2, -0.15) is 10.1 Å². The highest BCUT2D eigenvalue weighted by atomic mass is 79.9. The summed E-state index contributed by atoms with van der Waals surface area (Å²) in [5.74, 6) is 1.49. The molecule has 0 aliphatic heterocycles. The molecule has 0 bridgehead atoms. The fraction of sp³-hybridized carbons (Fsp3) is 0.417. The van der Waals surface area contributed by atoms with Gasteiger partial charge in [-0.1, -0.05) is 0 Å². The summed E-state index contributed by atoms with van der Waals surface area (Å²) in [6, 6.07) is 0. The zero-order chi connectivity index (χ0) is 13.8. The number of hydrogen-bond donors (Lipinski definition) is 1. The third kappa shape index (κ3) is 3.44. The lowest BCUT2D eigenvalue weighted by Crippen LogP contribution is -2.19. The Bertz CT molecular complexity index is 553. The van der Waals surface area contributed by atoms with Gasteiger partial charge in [0.2, 0.25) is 5.95 Å². The molecule has 2 aromatic rings. The van der Waals surface area contributed by atoms with Gasteiger partial charge in [-0.05, 0) is 22.9 Å². The number of nitrogens with zero attached hydrogens (tertiary/aromatic N) is 5. The van der Waals surface area contributed by atoms with Crippen molar-refractivity contribution < 1.29 is 0 Å². The van der Waals surface area contributed by atoms with Gasteiger partial charge in [-0.25, -0.2) is 4.98 Å². The highest BCUT2D eigenvalue weighted by Gasteiger charge is 2.11. The zero-order valence-corrected chi connectivity index (χ0v) is 12.8. The van der Waals surface area contributed by atoms with E-state index in [-0.39, 0.29) is 0 Å². The molecule has 0 aliphatic rings. The second-order valence-corrected chi connectivity index (χ2v) is 5.13. The normalized spacial score (nSPS) is 10.5. The maximum atomic E-state index is 4.49. The van der Waals surface area contributed by atoms with Crippen molar-refractivity contribution in [1.82, 2.24) is 19.7 Å². The third-order valence-electron chi connectivity index (χ3n) is 2.60. The summed E-state index contributed by atoms with van der Waals surface area (Å²) in [6.07, 6.45) is 5.62. The molecule has 2 rings (SSSR count). The van der Waals surface area contributed by atoms with E-state index in [1.165, 1.54) is 0 Å². The molecule has 6 nitrogen and oxygen atoms in total. The lowest BCUT2D eigenvalue weighted by Gasteiger charge is -2.19. The number of aromatic nitrogens is 4. The van der Waals surface area contributed by atoms with Crippen LogP contribution in [-0.2, 0) is 13.6 Å². The average molecular weight is 325 g/mol. The maximum Gasteiger partial charge on any atom is 0.224 e. The van der Waals surface area contributed by atoms with E-state index >= 15 is 0 Å². The van der Waals surface area contributed by atoms with Gasteiger partial charge in [0.25, 0.3) is 0 Å². The van der Waals surface area contributed by atoms with Gasteiger partial charge in [0.15, 0.2) is 0 Å². The Kier molecular flexibility index (Phi) is 4.36. The van der Waals surface area contributed by atoms with E-state index in [0.29, 0.717) is 5.95 Å². The molecule has 0 saturated heterocycles. The van der Waals surface area contributed by atoms with Crippen LogP contribution in [0.3, 0.4) is 0 Å². The largest absolute Gasteiger partial charge is 0.354 e. The predicted octanol–water partition coefficient (Wildman–Crippen LogP) is 2.04. The number of hydrogen-bond acceptors (Lipinski definition) is 5. The van der Waals surface area contributed by atoms with Crippen LogP contribution in [0.2, 0.25) is 0 Å². The van der Waals surface area contributed by atoms with Crippen LogP contribution in [0, 0.1) is 0 Å². The SMILES string of the molecule is CCNc1ncc(Br)c(N(C)Cc2cnn(C)c2)n1. The van der Waals surface area contributed by atoms with Crippen LogP contribution in [0.25, 0.3) is 0 Å². The Morgan fingerprint density at radius 2 is 2.21 bits per heavy atom. The fourth-order valence-corrected chi connectivity index (χ4v) is 2.27. The monoisotopic (exact) mass is 324 g/mol. The lowest BCUT2D eigenvalue weighted by atomic mass is 10.3. The van der Waals surface area contributed by atoms with E-state index in [1.807, 2.05) is 33.4 Å². The summed E-state index contributed by atoms with van der Waals surface area (Å²) in [7, 11) is 3.91.